The Morgan fingerprint density at radius 3 is 2.26 bits per heavy atom. The lowest BCUT2D eigenvalue weighted by atomic mass is 10.2. The number of ether oxygens (including phenoxy) is 1. The van der Waals surface area contributed by atoms with Gasteiger partial charge in [0.25, 0.3) is 0 Å². The third-order valence-electron chi connectivity index (χ3n) is 3.03. The molecule has 0 aromatic carbocycles. The molecule has 0 radical (unpaired) electrons. The smallest absolute Gasteiger partial charge is 0.320 e. The van der Waals surface area contributed by atoms with E-state index in [9.17, 15) is 9.59 Å². The Balaban J connectivity index is 4.51. The van der Waals surface area contributed by atoms with Crippen molar-refractivity contribution in [2.75, 3.05) is 27.3 Å². The zero-order valence-corrected chi connectivity index (χ0v) is 12.5. The predicted octanol–water partition coefficient (Wildman–Crippen LogP) is 1.65. The first-order valence-electron chi connectivity index (χ1n) is 6.55. The average Bonchev–Trinajstić information content (AvgIpc) is 2.32. The third kappa shape index (κ3) is 6.42. The van der Waals surface area contributed by atoms with Crippen molar-refractivity contribution < 1.29 is 19.4 Å². The summed E-state index contributed by atoms with van der Waals surface area (Å²) in [6.45, 7) is 6.69. The second kappa shape index (κ2) is 8.74. The molecular weight excluding hydrogens is 248 g/mol. The minimum atomic E-state index is -0.836. The minimum absolute atomic E-state index is 0.0155. The lowest BCUT2D eigenvalue weighted by Crippen LogP contribution is -2.49. The van der Waals surface area contributed by atoms with E-state index in [1.165, 1.54) is 0 Å². The van der Waals surface area contributed by atoms with Crippen LogP contribution in [0.3, 0.4) is 0 Å². The van der Waals surface area contributed by atoms with E-state index in [2.05, 4.69) is 0 Å². The van der Waals surface area contributed by atoms with Crippen molar-refractivity contribution in [2.24, 2.45) is 0 Å². The molecule has 0 bridgehead atoms. The fourth-order valence-corrected chi connectivity index (χ4v) is 1.72. The molecular formula is C13H26N2O4. The lowest BCUT2D eigenvalue weighted by molar-refractivity contribution is -0.137. The number of rotatable bonds is 8. The number of aliphatic carboxylic acids is 1. The van der Waals surface area contributed by atoms with Gasteiger partial charge in [0.2, 0.25) is 0 Å². The van der Waals surface area contributed by atoms with E-state index in [1.54, 1.807) is 24.0 Å². The third-order valence-corrected chi connectivity index (χ3v) is 3.03. The van der Waals surface area contributed by atoms with Gasteiger partial charge in [0, 0.05) is 33.2 Å². The number of carbonyl (C=O) groups excluding carboxylic acids is 1. The van der Waals surface area contributed by atoms with Crippen LogP contribution in [-0.4, -0.2) is 66.3 Å². The molecule has 0 saturated carbocycles. The molecule has 1 N–H and O–H groups in total. The van der Waals surface area contributed by atoms with E-state index in [4.69, 9.17) is 9.84 Å². The summed E-state index contributed by atoms with van der Waals surface area (Å²) in [6.07, 6.45) is 0.541. The van der Waals surface area contributed by atoms with Gasteiger partial charge < -0.3 is 19.6 Å². The molecule has 0 rings (SSSR count). The van der Waals surface area contributed by atoms with E-state index < -0.39 is 5.97 Å². The first-order chi connectivity index (χ1) is 8.81. The van der Waals surface area contributed by atoms with Crippen molar-refractivity contribution >= 4 is 12.0 Å². The van der Waals surface area contributed by atoms with Gasteiger partial charge in [-0.05, 0) is 27.2 Å². The summed E-state index contributed by atoms with van der Waals surface area (Å²) in [4.78, 5) is 26.2. The number of amides is 2. The SMILES string of the molecule is COCC(C)N(C)C(=O)N(CCCC(=O)O)C(C)C. The van der Waals surface area contributed by atoms with Gasteiger partial charge in [0.05, 0.1) is 12.6 Å². The highest BCUT2D eigenvalue weighted by Gasteiger charge is 2.23. The van der Waals surface area contributed by atoms with Crippen LogP contribution in [-0.2, 0) is 9.53 Å². The summed E-state index contributed by atoms with van der Waals surface area (Å²) in [5, 5.41) is 8.64. The number of methoxy groups -OCH3 is 1. The maximum Gasteiger partial charge on any atom is 0.320 e. The number of carboxylic acid groups (broad SMARTS) is 1. The Hall–Kier alpha value is -1.30. The molecule has 6 nitrogen and oxygen atoms in total. The highest BCUT2D eigenvalue weighted by Crippen LogP contribution is 2.08. The van der Waals surface area contributed by atoms with Crippen LogP contribution < -0.4 is 0 Å². The van der Waals surface area contributed by atoms with Gasteiger partial charge >= 0.3 is 12.0 Å². The molecule has 112 valence electrons. The molecule has 0 saturated heterocycles. The maximum atomic E-state index is 12.3. The standard InChI is InChI=1S/C13H26N2O4/c1-10(2)15(8-6-7-12(16)17)13(18)14(4)11(3)9-19-5/h10-11H,6-9H2,1-5H3,(H,16,17). The quantitative estimate of drug-likeness (QED) is 0.730. The van der Waals surface area contributed by atoms with Crippen LogP contribution in [0.15, 0.2) is 0 Å². The number of hydrogen-bond acceptors (Lipinski definition) is 3. The molecule has 0 aliphatic rings. The molecule has 6 heteroatoms. The molecule has 0 aromatic heterocycles. The second-order valence-electron chi connectivity index (χ2n) is 4.98. The molecule has 0 spiro atoms. The number of nitrogens with zero attached hydrogens (tertiary/aromatic N) is 2. The first kappa shape index (κ1) is 17.7. The Labute approximate surface area is 115 Å². The molecule has 2 amide bonds. The number of carbonyl (C=O) groups is 2. The van der Waals surface area contributed by atoms with Gasteiger partial charge in [-0.1, -0.05) is 0 Å². The van der Waals surface area contributed by atoms with Crippen molar-refractivity contribution in [1.82, 2.24) is 9.80 Å². The zero-order chi connectivity index (χ0) is 15.0. The number of likely N-dealkylation sites (N-methyl/N-ethyl adjacent to an activating group) is 1. The van der Waals surface area contributed by atoms with Crippen LogP contribution in [0, 0.1) is 0 Å². The summed E-state index contributed by atoms with van der Waals surface area (Å²) < 4.78 is 5.04. The van der Waals surface area contributed by atoms with Crippen molar-refractivity contribution in [2.45, 2.75) is 45.7 Å². The summed E-state index contributed by atoms with van der Waals surface area (Å²) in [6, 6.07) is -0.0679. The van der Waals surface area contributed by atoms with Crippen molar-refractivity contribution in [3.63, 3.8) is 0 Å². The highest BCUT2D eigenvalue weighted by atomic mass is 16.5. The van der Waals surface area contributed by atoms with E-state index in [-0.39, 0.29) is 24.5 Å². The molecule has 0 heterocycles. The number of carboxylic acids is 1. The summed E-state index contributed by atoms with van der Waals surface area (Å²) >= 11 is 0. The Bertz CT molecular complexity index is 294. The van der Waals surface area contributed by atoms with E-state index >= 15 is 0 Å². The maximum absolute atomic E-state index is 12.3. The van der Waals surface area contributed by atoms with Crippen LogP contribution in [0.5, 0.6) is 0 Å². The largest absolute Gasteiger partial charge is 0.481 e. The molecule has 19 heavy (non-hydrogen) atoms. The van der Waals surface area contributed by atoms with Gasteiger partial charge in [-0.15, -0.1) is 0 Å². The molecule has 1 atom stereocenters. The normalized spacial score (nSPS) is 12.3. The minimum Gasteiger partial charge on any atom is -0.481 e. The van der Waals surface area contributed by atoms with E-state index in [1.807, 2.05) is 20.8 Å². The average molecular weight is 274 g/mol. The number of urea groups is 1. The van der Waals surface area contributed by atoms with Crippen LogP contribution >= 0.6 is 0 Å². The molecule has 0 aliphatic carbocycles. The van der Waals surface area contributed by atoms with E-state index in [0.717, 1.165) is 0 Å². The van der Waals surface area contributed by atoms with Crippen LogP contribution in [0.4, 0.5) is 4.79 Å². The van der Waals surface area contributed by atoms with Crippen LogP contribution in [0.2, 0.25) is 0 Å². The zero-order valence-electron chi connectivity index (χ0n) is 12.5. The number of hydrogen-bond donors (Lipinski definition) is 1. The molecule has 0 aliphatic heterocycles. The fourth-order valence-electron chi connectivity index (χ4n) is 1.72. The van der Waals surface area contributed by atoms with Gasteiger partial charge in [0.1, 0.15) is 0 Å². The first-order valence-corrected chi connectivity index (χ1v) is 6.55. The highest BCUT2D eigenvalue weighted by molar-refractivity contribution is 5.75. The summed E-state index contributed by atoms with van der Waals surface area (Å²) in [5.41, 5.74) is 0. The van der Waals surface area contributed by atoms with E-state index in [0.29, 0.717) is 19.6 Å². The van der Waals surface area contributed by atoms with Crippen LogP contribution in [0.25, 0.3) is 0 Å². The van der Waals surface area contributed by atoms with Gasteiger partial charge in [0.15, 0.2) is 0 Å². The predicted molar refractivity (Wildman–Crippen MR) is 73.2 cm³/mol. The topological polar surface area (TPSA) is 70.1 Å². The van der Waals surface area contributed by atoms with Gasteiger partial charge in [-0.2, -0.15) is 0 Å². The second-order valence-corrected chi connectivity index (χ2v) is 4.98. The monoisotopic (exact) mass is 274 g/mol. The Kier molecular flexibility index (Phi) is 8.14. The summed E-state index contributed by atoms with van der Waals surface area (Å²) in [7, 11) is 3.33. The van der Waals surface area contributed by atoms with Crippen LogP contribution in [0.1, 0.15) is 33.6 Å². The molecule has 0 aromatic rings. The van der Waals surface area contributed by atoms with Crippen molar-refractivity contribution in [1.29, 1.82) is 0 Å². The molecule has 0 fully saturated rings. The Morgan fingerprint density at radius 1 is 1.26 bits per heavy atom. The van der Waals surface area contributed by atoms with Gasteiger partial charge in [-0.25, -0.2) is 4.79 Å². The van der Waals surface area contributed by atoms with Crippen molar-refractivity contribution in [3.8, 4) is 0 Å². The fraction of sp³-hybridized carbons (Fsp3) is 0.846. The molecule has 1 unspecified atom stereocenters. The van der Waals surface area contributed by atoms with Gasteiger partial charge in [-0.3, -0.25) is 4.79 Å². The summed E-state index contributed by atoms with van der Waals surface area (Å²) in [5.74, 6) is -0.836. The Morgan fingerprint density at radius 2 is 1.84 bits per heavy atom. The lowest BCUT2D eigenvalue weighted by Gasteiger charge is -2.34. The van der Waals surface area contributed by atoms with Crippen molar-refractivity contribution in [3.05, 3.63) is 0 Å².